The molecule has 0 aromatic heterocycles. The fourth-order valence-electron chi connectivity index (χ4n) is 1.58. The summed E-state index contributed by atoms with van der Waals surface area (Å²) in [7, 11) is 0. The van der Waals surface area contributed by atoms with E-state index in [1.165, 1.54) is 0 Å². The van der Waals surface area contributed by atoms with E-state index in [0.29, 0.717) is 24.8 Å². The van der Waals surface area contributed by atoms with Crippen molar-refractivity contribution < 1.29 is 9.47 Å². The highest BCUT2D eigenvalue weighted by atomic mass is 35.5. The second-order valence-electron chi connectivity index (χ2n) is 3.16. The monoisotopic (exact) mass is 213 g/mol. The molecule has 0 spiro atoms. The van der Waals surface area contributed by atoms with Crippen LogP contribution in [0.5, 0.6) is 0 Å². The van der Waals surface area contributed by atoms with Crippen molar-refractivity contribution in [2.45, 2.75) is 5.79 Å². The largest absolute Gasteiger partial charge is 0.342 e. The molecule has 76 valence electrons. The van der Waals surface area contributed by atoms with Crippen LogP contribution in [0.1, 0.15) is 5.56 Å². The van der Waals surface area contributed by atoms with Gasteiger partial charge in [-0.1, -0.05) is 23.7 Å². The molecule has 1 aliphatic heterocycles. The van der Waals surface area contributed by atoms with E-state index >= 15 is 0 Å². The number of nitrogens with two attached hydrogens (primary N) is 1. The molecule has 1 saturated heterocycles. The molecule has 2 N–H and O–H groups in total. The van der Waals surface area contributed by atoms with Gasteiger partial charge in [-0.15, -0.1) is 0 Å². The van der Waals surface area contributed by atoms with Gasteiger partial charge in [-0.2, -0.15) is 0 Å². The molecule has 14 heavy (non-hydrogen) atoms. The lowest BCUT2D eigenvalue weighted by molar-refractivity contribution is -0.156. The zero-order valence-electron chi connectivity index (χ0n) is 7.70. The van der Waals surface area contributed by atoms with Gasteiger partial charge in [-0.05, 0) is 12.1 Å². The van der Waals surface area contributed by atoms with Gasteiger partial charge in [0.25, 0.3) is 0 Å². The van der Waals surface area contributed by atoms with Gasteiger partial charge in [0.1, 0.15) is 0 Å². The second-order valence-corrected chi connectivity index (χ2v) is 3.60. The van der Waals surface area contributed by atoms with Crippen LogP contribution in [0.3, 0.4) is 0 Å². The van der Waals surface area contributed by atoms with Gasteiger partial charge in [0.05, 0.1) is 19.8 Å². The summed E-state index contributed by atoms with van der Waals surface area (Å²) in [5.74, 6) is -0.787. The first-order chi connectivity index (χ1) is 6.77. The molecule has 1 fully saturated rings. The Morgan fingerprint density at radius 1 is 1.36 bits per heavy atom. The summed E-state index contributed by atoms with van der Waals surface area (Å²) in [5, 5.41) is 0.662. The Hall–Kier alpha value is -0.610. The van der Waals surface area contributed by atoms with Crippen molar-refractivity contribution in [3.63, 3.8) is 0 Å². The molecule has 0 saturated carbocycles. The molecule has 2 rings (SSSR count). The molecule has 0 amide bonds. The summed E-state index contributed by atoms with van der Waals surface area (Å²) in [6.07, 6.45) is 0. The number of benzene rings is 1. The predicted molar refractivity (Wildman–Crippen MR) is 54.1 cm³/mol. The van der Waals surface area contributed by atoms with Crippen LogP contribution < -0.4 is 5.73 Å². The Bertz CT molecular complexity index is 324. The minimum atomic E-state index is -0.787. The Labute approximate surface area is 87.8 Å². The molecule has 0 radical (unpaired) electrons. The van der Waals surface area contributed by atoms with Crippen LogP contribution in [0.2, 0.25) is 5.02 Å². The summed E-state index contributed by atoms with van der Waals surface area (Å²) in [4.78, 5) is 0. The molecular formula is C10H12ClNO2. The fourth-order valence-corrected chi connectivity index (χ4v) is 1.77. The van der Waals surface area contributed by atoms with E-state index in [9.17, 15) is 0 Å². The third kappa shape index (κ3) is 1.64. The average molecular weight is 214 g/mol. The molecule has 1 aromatic rings. The average Bonchev–Trinajstić information content (AvgIpc) is 2.67. The fraction of sp³-hybridized carbons (Fsp3) is 0.400. The zero-order valence-corrected chi connectivity index (χ0v) is 8.46. The minimum absolute atomic E-state index is 0.299. The Morgan fingerprint density at radius 2 is 2.07 bits per heavy atom. The van der Waals surface area contributed by atoms with E-state index in [0.717, 1.165) is 5.56 Å². The summed E-state index contributed by atoms with van der Waals surface area (Å²) >= 11 is 5.89. The summed E-state index contributed by atoms with van der Waals surface area (Å²) in [5.41, 5.74) is 6.54. The van der Waals surface area contributed by atoms with E-state index < -0.39 is 5.79 Å². The summed E-state index contributed by atoms with van der Waals surface area (Å²) in [6, 6.07) is 7.40. The van der Waals surface area contributed by atoms with Crippen molar-refractivity contribution in [1.82, 2.24) is 0 Å². The first-order valence-electron chi connectivity index (χ1n) is 4.51. The zero-order chi connectivity index (χ0) is 10.0. The maximum absolute atomic E-state index is 5.89. The lowest BCUT2D eigenvalue weighted by Crippen LogP contribution is -2.36. The predicted octanol–water partition coefficient (Wildman–Crippen LogP) is 1.50. The molecule has 1 heterocycles. The maximum Gasteiger partial charge on any atom is 0.207 e. The highest BCUT2D eigenvalue weighted by molar-refractivity contribution is 6.30. The number of hydrogen-bond acceptors (Lipinski definition) is 3. The lowest BCUT2D eigenvalue weighted by atomic mass is 10.1. The Kier molecular flexibility index (Phi) is 2.74. The van der Waals surface area contributed by atoms with Crippen molar-refractivity contribution in [2.75, 3.05) is 19.8 Å². The topological polar surface area (TPSA) is 44.5 Å². The first-order valence-corrected chi connectivity index (χ1v) is 4.89. The van der Waals surface area contributed by atoms with Crippen molar-refractivity contribution in [1.29, 1.82) is 0 Å². The molecule has 3 nitrogen and oxygen atoms in total. The van der Waals surface area contributed by atoms with Crippen LogP contribution in [0.15, 0.2) is 24.3 Å². The van der Waals surface area contributed by atoms with E-state index in [-0.39, 0.29) is 0 Å². The third-order valence-electron chi connectivity index (χ3n) is 2.29. The van der Waals surface area contributed by atoms with Crippen LogP contribution in [0.4, 0.5) is 0 Å². The first kappa shape index (κ1) is 9.93. The van der Waals surface area contributed by atoms with Crippen LogP contribution in [0.25, 0.3) is 0 Å². The standard InChI is InChI=1S/C10H12ClNO2/c11-9-3-1-2-8(6-9)10(7-12)13-4-5-14-10/h1-3,6H,4-5,7,12H2. The molecule has 4 heteroatoms. The van der Waals surface area contributed by atoms with Crippen molar-refractivity contribution in [3.8, 4) is 0 Å². The van der Waals surface area contributed by atoms with Crippen LogP contribution in [-0.2, 0) is 15.3 Å². The second kappa shape index (κ2) is 3.87. The van der Waals surface area contributed by atoms with Gasteiger partial charge in [-0.25, -0.2) is 0 Å². The number of ether oxygens (including phenoxy) is 2. The van der Waals surface area contributed by atoms with Crippen molar-refractivity contribution in [2.24, 2.45) is 5.73 Å². The minimum Gasteiger partial charge on any atom is -0.342 e. The third-order valence-corrected chi connectivity index (χ3v) is 2.52. The number of hydrogen-bond donors (Lipinski definition) is 1. The Morgan fingerprint density at radius 3 is 2.64 bits per heavy atom. The summed E-state index contributed by atoms with van der Waals surface area (Å²) < 4.78 is 11.0. The van der Waals surface area contributed by atoms with Crippen LogP contribution in [-0.4, -0.2) is 19.8 Å². The van der Waals surface area contributed by atoms with Crippen LogP contribution >= 0.6 is 11.6 Å². The molecule has 0 atom stereocenters. The number of rotatable bonds is 2. The SMILES string of the molecule is NCC1(c2cccc(Cl)c2)OCCO1. The highest BCUT2D eigenvalue weighted by Crippen LogP contribution is 2.31. The van der Waals surface area contributed by atoms with Gasteiger partial charge in [-0.3, -0.25) is 0 Å². The van der Waals surface area contributed by atoms with Gasteiger partial charge in [0.15, 0.2) is 0 Å². The van der Waals surface area contributed by atoms with Crippen LogP contribution in [0, 0.1) is 0 Å². The lowest BCUT2D eigenvalue weighted by Gasteiger charge is -2.26. The van der Waals surface area contributed by atoms with E-state index in [2.05, 4.69) is 0 Å². The molecule has 0 bridgehead atoms. The highest BCUT2D eigenvalue weighted by Gasteiger charge is 2.37. The number of halogens is 1. The van der Waals surface area contributed by atoms with E-state index in [1.807, 2.05) is 24.3 Å². The normalized spacial score (nSPS) is 19.9. The van der Waals surface area contributed by atoms with Crippen molar-refractivity contribution in [3.05, 3.63) is 34.9 Å². The smallest absolute Gasteiger partial charge is 0.207 e. The molecule has 1 aliphatic rings. The van der Waals surface area contributed by atoms with Gasteiger partial charge >= 0.3 is 0 Å². The molecular weight excluding hydrogens is 202 g/mol. The maximum atomic E-state index is 5.89. The quantitative estimate of drug-likeness (QED) is 0.810. The molecule has 1 aromatic carbocycles. The molecule has 0 aliphatic carbocycles. The van der Waals surface area contributed by atoms with Gasteiger partial charge in [0, 0.05) is 10.6 Å². The molecule has 0 unspecified atom stereocenters. The summed E-state index contributed by atoms with van der Waals surface area (Å²) in [6.45, 7) is 1.45. The van der Waals surface area contributed by atoms with E-state index in [1.54, 1.807) is 0 Å². The van der Waals surface area contributed by atoms with E-state index in [4.69, 9.17) is 26.8 Å². The van der Waals surface area contributed by atoms with Gasteiger partial charge < -0.3 is 15.2 Å². The van der Waals surface area contributed by atoms with Crippen molar-refractivity contribution >= 4 is 11.6 Å². The van der Waals surface area contributed by atoms with Gasteiger partial charge in [0.2, 0.25) is 5.79 Å². The Balaban J connectivity index is 2.35.